The van der Waals surface area contributed by atoms with Crippen molar-refractivity contribution in [1.82, 2.24) is 10.9 Å². The third-order valence-electron chi connectivity index (χ3n) is 3.47. The van der Waals surface area contributed by atoms with E-state index in [1.165, 1.54) is 0 Å². The second-order valence-corrected chi connectivity index (χ2v) is 6.39. The van der Waals surface area contributed by atoms with E-state index in [1.54, 1.807) is 12.1 Å². The molecule has 0 fully saturated rings. The van der Waals surface area contributed by atoms with Crippen LogP contribution in [0.25, 0.3) is 0 Å². The minimum atomic E-state index is -0.416. The van der Waals surface area contributed by atoms with E-state index in [0.29, 0.717) is 30.8 Å². The number of benzene rings is 2. The van der Waals surface area contributed by atoms with E-state index in [1.807, 2.05) is 43.3 Å². The Labute approximate surface area is 155 Å². The summed E-state index contributed by atoms with van der Waals surface area (Å²) in [6.45, 7) is 2.35. The van der Waals surface area contributed by atoms with Crippen LogP contribution in [0.1, 0.15) is 35.7 Å². The Morgan fingerprint density at radius 1 is 1.08 bits per heavy atom. The molecule has 132 valence electrons. The fourth-order valence-electron chi connectivity index (χ4n) is 2.21. The maximum atomic E-state index is 12.3. The minimum absolute atomic E-state index is 0.225. The number of amides is 2. The molecule has 25 heavy (non-hydrogen) atoms. The van der Waals surface area contributed by atoms with Gasteiger partial charge in [-0.25, -0.2) is 0 Å². The van der Waals surface area contributed by atoms with E-state index in [0.717, 1.165) is 16.5 Å². The fraction of sp³-hybridized carbons (Fsp3) is 0.263. The molecule has 0 heterocycles. The van der Waals surface area contributed by atoms with E-state index in [4.69, 9.17) is 4.74 Å². The minimum Gasteiger partial charge on any atom is -0.492 e. The zero-order chi connectivity index (χ0) is 18.1. The Morgan fingerprint density at radius 2 is 1.84 bits per heavy atom. The fourth-order valence-corrected chi connectivity index (χ4v) is 2.57. The highest BCUT2D eigenvalue weighted by molar-refractivity contribution is 9.10. The average molecular weight is 405 g/mol. The standard InChI is InChI=1S/C19H21BrN2O3/c1-2-6-18(23)21-22-19(24)16-13-15(20)9-10-17(16)25-12-11-14-7-4-3-5-8-14/h3-5,7-10,13H,2,6,11-12H2,1H3,(H,21,23)(H,22,24). The summed E-state index contributed by atoms with van der Waals surface area (Å²) >= 11 is 3.35. The van der Waals surface area contributed by atoms with Gasteiger partial charge in [-0.1, -0.05) is 53.2 Å². The summed E-state index contributed by atoms with van der Waals surface area (Å²) in [5.74, 6) is -0.167. The molecular formula is C19H21BrN2O3. The summed E-state index contributed by atoms with van der Waals surface area (Å²) in [5, 5.41) is 0. The normalized spacial score (nSPS) is 10.2. The summed E-state index contributed by atoms with van der Waals surface area (Å²) in [5.41, 5.74) is 6.35. The number of hydrogen-bond acceptors (Lipinski definition) is 3. The first-order valence-electron chi connectivity index (χ1n) is 8.15. The van der Waals surface area contributed by atoms with E-state index in [2.05, 4.69) is 26.8 Å². The predicted octanol–water partition coefficient (Wildman–Crippen LogP) is 3.63. The summed E-state index contributed by atoms with van der Waals surface area (Å²) in [4.78, 5) is 23.8. The topological polar surface area (TPSA) is 67.4 Å². The average Bonchev–Trinajstić information content (AvgIpc) is 2.62. The number of nitrogens with one attached hydrogen (secondary N) is 2. The van der Waals surface area contributed by atoms with Gasteiger partial charge in [-0.2, -0.15) is 0 Å². The van der Waals surface area contributed by atoms with Gasteiger partial charge in [0.15, 0.2) is 0 Å². The molecule has 2 amide bonds. The summed E-state index contributed by atoms with van der Waals surface area (Å²) in [6.07, 6.45) is 1.82. The number of ether oxygens (including phenoxy) is 1. The van der Waals surface area contributed by atoms with Crippen LogP contribution < -0.4 is 15.6 Å². The van der Waals surface area contributed by atoms with Gasteiger partial charge in [-0.05, 0) is 30.2 Å². The molecule has 0 saturated heterocycles. The summed E-state index contributed by atoms with van der Waals surface area (Å²) in [7, 11) is 0. The smallest absolute Gasteiger partial charge is 0.273 e. The second kappa shape index (κ2) is 9.84. The monoisotopic (exact) mass is 404 g/mol. The molecule has 0 saturated carbocycles. The van der Waals surface area contributed by atoms with Crippen LogP contribution in [-0.2, 0) is 11.2 Å². The lowest BCUT2D eigenvalue weighted by Crippen LogP contribution is -2.41. The molecule has 0 atom stereocenters. The Kier molecular flexibility index (Phi) is 7.47. The molecule has 2 aromatic carbocycles. The van der Waals surface area contributed by atoms with Crippen molar-refractivity contribution >= 4 is 27.7 Å². The van der Waals surface area contributed by atoms with Gasteiger partial charge in [0.1, 0.15) is 5.75 Å². The number of carbonyl (C=O) groups is 2. The van der Waals surface area contributed by atoms with Crippen molar-refractivity contribution in [3.8, 4) is 5.75 Å². The summed E-state index contributed by atoms with van der Waals surface area (Å²) in [6, 6.07) is 15.2. The molecule has 0 spiro atoms. The molecule has 0 bridgehead atoms. The van der Waals surface area contributed by atoms with Gasteiger partial charge in [-0.3, -0.25) is 20.4 Å². The van der Waals surface area contributed by atoms with Gasteiger partial charge in [0.25, 0.3) is 5.91 Å². The van der Waals surface area contributed by atoms with E-state index >= 15 is 0 Å². The maximum Gasteiger partial charge on any atom is 0.273 e. The van der Waals surface area contributed by atoms with Crippen LogP contribution in [0.4, 0.5) is 0 Å². The van der Waals surface area contributed by atoms with Crippen LogP contribution >= 0.6 is 15.9 Å². The molecular weight excluding hydrogens is 384 g/mol. The van der Waals surface area contributed by atoms with Crippen molar-refractivity contribution < 1.29 is 14.3 Å². The highest BCUT2D eigenvalue weighted by Crippen LogP contribution is 2.23. The Morgan fingerprint density at radius 3 is 2.56 bits per heavy atom. The molecule has 0 radical (unpaired) electrons. The third kappa shape index (κ3) is 6.23. The van der Waals surface area contributed by atoms with Gasteiger partial charge < -0.3 is 4.74 Å². The van der Waals surface area contributed by atoms with Crippen LogP contribution in [0.15, 0.2) is 53.0 Å². The molecule has 5 nitrogen and oxygen atoms in total. The predicted molar refractivity (Wildman–Crippen MR) is 100 cm³/mol. The number of rotatable bonds is 7. The summed E-state index contributed by atoms with van der Waals surface area (Å²) < 4.78 is 6.53. The van der Waals surface area contributed by atoms with Gasteiger partial charge in [-0.15, -0.1) is 0 Å². The largest absolute Gasteiger partial charge is 0.492 e. The van der Waals surface area contributed by atoms with Crippen LogP contribution in [0, 0.1) is 0 Å². The highest BCUT2D eigenvalue weighted by atomic mass is 79.9. The van der Waals surface area contributed by atoms with Crippen molar-refractivity contribution in [3.05, 3.63) is 64.1 Å². The molecule has 2 rings (SSSR count). The molecule has 0 aromatic heterocycles. The lowest BCUT2D eigenvalue weighted by atomic mass is 10.1. The number of carbonyl (C=O) groups excluding carboxylic acids is 2. The first-order chi connectivity index (χ1) is 12.1. The van der Waals surface area contributed by atoms with Gasteiger partial charge in [0.05, 0.1) is 12.2 Å². The van der Waals surface area contributed by atoms with Crippen molar-refractivity contribution in [1.29, 1.82) is 0 Å². The second-order valence-electron chi connectivity index (χ2n) is 5.48. The lowest BCUT2D eigenvalue weighted by molar-refractivity contribution is -0.121. The van der Waals surface area contributed by atoms with Crippen molar-refractivity contribution in [2.75, 3.05) is 6.61 Å². The molecule has 0 aliphatic heterocycles. The van der Waals surface area contributed by atoms with Crippen molar-refractivity contribution in [2.45, 2.75) is 26.2 Å². The highest BCUT2D eigenvalue weighted by Gasteiger charge is 2.14. The van der Waals surface area contributed by atoms with Crippen LogP contribution in [-0.4, -0.2) is 18.4 Å². The van der Waals surface area contributed by atoms with Crippen molar-refractivity contribution in [3.63, 3.8) is 0 Å². The van der Waals surface area contributed by atoms with E-state index in [-0.39, 0.29) is 5.91 Å². The van der Waals surface area contributed by atoms with Gasteiger partial charge in [0.2, 0.25) is 5.91 Å². The molecule has 0 aliphatic carbocycles. The zero-order valence-corrected chi connectivity index (χ0v) is 15.6. The van der Waals surface area contributed by atoms with Crippen LogP contribution in [0.5, 0.6) is 5.75 Å². The first kappa shape index (κ1) is 19.0. The Bertz CT molecular complexity index is 720. The Hall–Kier alpha value is -2.34. The van der Waals surface area contributed by atoms with Crippen molar-refractivity contribution in [2.24, 2.45) is 0 Å². The molecule has 6 heteroatoms. The molecule has 0 aliphatic rings. The quantitative estimate of drug-likeness (QED) is 0.692. The number of hydrogen-bond donors (Lipinski definition) is 2. The third-order valence-corrected chi connectivity index (χ3v) is 3.96. The lowest BCUT2D eigenvalue weighted by Gasteiger charge is -2.13. The SMILES string of the molecule is CCCC(=O)NNC(=O)c1cc(Br)ccc1OCCc1ccccc1. The zero-order valence-electron chi connectivity index (χ0n) is 14.0. The molecule has 0 unspecified atom stereocenters. The Balaban J connectivity index is 1.98. The number of halogens is 1. The number of hydrazine groups is 1. The van der Waals surface area contributed by atoms with Crippen LogP contribution in [0.2, 0.25) is 0 Å². The maximum absolute atomic E-state index is 12.3. The van der Waals surface area contributed by atoms with E-state index in [9.17, 15) is 9.59 Å². The van der Waals surface area contributed by atoms with Crippen LogP contribution in [0.3, 0.4) is 0 Å². The first-order valence-corrected chi connectivity index (χ1v) is 8.95. The van der Waals surface area contributed by atoms with Gasteiger partial charge in [0, 0.05) is 17.3 Å². The molecule has 2 aromatic rings. The molecule has 2 N–H and O–H groups in total. The van der Waals surface area contributed by atoms with Gasteiger partial charge >= 0.3 is 0 Å². The van der Waals surface area contributed by atoms with E-state index < -0.39 is 5.91 Å².